The van der Waals surface area contributed by atoms with Crippen LogP contribution in [-0.2, 0) is 0 Å². The minimum absolute atomic E-state index is 0.664. The molecule has 8 aromatic carbocycles. The molecule has 3 heterocycles. The van der Waals surface area contributed by atoms with Crippen LogP contribution in [0.4, 0.5) is 17.1 Å². The first-order valence-corrected chi connectivity index (χ1v) is 19.3. The van der Waals surface area contributed by atoms with Crippen molar-refractivity contribution in [1.82, 2.24) is 14.5 Å². The summed E-state index contributed by atoms with van der Waals surface area (Å²) in [7, 11) is 0. The predicted octanol–water partition coefficient (Wildman–Crippen LogP) is 13.7. The summed E-state index contributed by atoms with van der Waals surface area (Å²) >= 11 is 1.84. The lowest BCUT2D eigenvalue weighted by Gasteiger charge is -2.33. The van der Waals surface area contributed by atoms with Gasteiger partial charge in [0.05, 0.1) is 33.6 Å². The SMILES string of the molecule is c1ccc(-c2cccc(N3c4ccccc4Sc4cc(-c5ccc6c(c5)c5ccccc5n6-c5nc(-c6ccccc6)c6ccccc6n5)ccc43)c2)cc1. The summed E-state index contributed by atoms with van der Waals surface area (Å²) in [6.07, 6.45) is 0. The molecule has 0 saturated heterocycles. The molecule has 0 amide bonds. The second kappa shape index (κ2) is 12.9. The number of para-hydroxylation sites is 3. The molecule has 0 spiro atoms. The van der Waals surface area contributed by atoms with Crippen LogP contribution in [0.1, 0.15) is 0 Å². The average molecular weight is 721 g/mol. The maximum Gasteiger partial charge on any atom is 0.235 e. The van der Waals surface area contributed by atoms with Gasteiger partial charge in [-0.25, -0.2) is 9.97 Å². The maximum atomic E-state index is 5.26. The van der Waals surface area contributed by atoms with Crippen LogP contribution in [0.25, 0.3) is 72.2 Å². The van der Waals surface area contributed by atoms with Crippen molar-refractivity contribution in [2.24, 2.45) is 0 Å². The zero-order chi connectivity index (χ0) is 36.3. The van der Waals surface area contributed by atoms with Gasteiger partial charge in [-0.1, -0.05) is 145 Å². The van der Waals surface area contributed by atoms with Crippen LogP contribution in [0.15, 0.2) is 204 Å². The van der Waals surface area contributed by atoms with Crippen molar-refractivity contribution in [1.29, 1.82) is 0 Å². The quantitative estimate of drug-likeness (QED) is 0.177. The van der Waals surface area contributed by atoms with Crippen LogP contribution in [-0.4, -0.2) is 14.5 Å². The molecule has 0 N–H and O–H groups in total. The lowest BCUT2D eigenvalue weighted by atomic mass is 10.0. The molecule has 2 aromatic heterocycles. The topological polar surface area (TPSA) is 34.0 Å². The van der Waals surface area contributed by atoms with Gasteiger partial charge in [0.1, 0.15) is 0 Å². The molecule has 1 aliphatic heterocycles. The third kappa shape index (κ3) is 5.31. The summed E-state index contributed by atoms with van der Waals surface area (Å²) < 4.78 is 2.22. The highest BCUT2D eigenvalue weighted by Gasteiger charge is 2.26. The van der Waals surface area contributed by atoms with E-state index in [0.29, 0.717) is 5.95 Å². The number of nitrogens with zero attached hydrogens (tertiary/aromatic N) is 4. The molecule has 10 aromatic rings. The van der Waals surface area contributed by atoms with E-state index in [9.17, 15) is 0 Å². The molecule has 258 valence electrons. The van der Waals surface area contributed by atoms with Crippen molar-refractivity contribution in [3.63, 3.8) is 0 Å². The van der Waals surface area contributed by atoms with Gasteiger partial charge in [-0.15, -0.1) is 0 Å². The van der Waals surface area contributed by atoms with E-state index in [1.165, 1.54) is 54.2 Å². The van der Waals surface area contributed by atoms with E-state index in [1.54, 1.807) is 0 Å². The fourth-order valence-electron chi connectivity index (χ4n) is 8.02. The van der Waals surface area contributed by atoms with Crippen LogP contribution >= 0.6 is 11.8 Å². The van der Waals surface area contributed by atoms with Crippen LogP contribution in [0, 0.1) is 0 Å². The molecule has 0 radical (unpaired) electrons. The molecule has 0 unspecified atom stereocenters. The van der Waals surface area contributed by atoms with Crippen molar-refractivity contribution in [2.45, 2.75) is 9.79 Å². The minimum Gasteiger partial charge on any atom is -0.308 e. The number of fused-ring (bicyclic) bond motifs is 6. The van der Waals surface area contributed by atoms with Crippen molar-refractivity contribution in [3.8, 4) is 39.5 Å². The molecular formula is C50H32N4S. The summed E-state index contributed by atoms with van der Waals surface area (Å²) in [5.41, 5.74) is 13.3. The molecule has 0 atom stereocenters. The van der Waals surface area contributed by atoms with Crippen LogP contribution in [0.3, 0.4) is 0 Å². The number of hydrogen-bond donors (Lipinski definition) is 0. The molecule has 0 fully saturated rings. The molecule has 0 aliphatic carbocycles. The second-order valence-electron chi connectivity index (χ2n) is 13.8. The minimum atomic E-state index is 0.664. The second-order valence-corrected chi connectivity index (χ2v) is 14.9. The van der Waals surface area contributed by atoms with Crippen LogP contribution < -0.4 is 4.90 Å². The summed E-state index contributed by atoms with van der Waals surface area (Å²) in [5.74, 6) is 0.664. The first-order chi connectivity index (χ1) is 27.3. The maximum absolute atomic E-state index is 5.26. The molecule has 4 nitrogen and oxygen atoms in total. The molecule has 0 bridgehead atoms. The Kier molecular flexibility index (Phi) is 7.39. The highest BCUT2D eigenvalue weighted by Crippen LogP contribution is 2.52. The van der Waals surface area contributed by atoms with Crippen LogP contribution in [0.2, 0.25) is 0 Å². The third-order valence-corrected chi connectivity index (χ3v) is 11.7. The zero-order valence-corrected chi connectivity index (χ0v) is 30.5. The van der Waals surface area contributed by atoms with Gasteiger partial charge in [-0.05, 0) is 82.9 Å². The molecule has 11 rings (SSSR count). The Balaban J connectivity index is 1.04. The van der Waals surface area contributed by atoms with Crippen molar-refractivity contribution in [2.75, 3.05) is 4.90 Å². The molecule has 1 aliphatic rings. The standard InChI is InChI=1S/C50H32N4S/c1-3-14-33(15-4-1)35-18-13-19-38(30-35)53-45-24-11-12-25-47(45)55-48-32-37(27-29-46(48)53)36-26-28-44-41(31-36)39-20-8-10-23-43(39)54(44)50-51-42-22-9-7-21-40(42)49(52-50)34-16-5-2-6-17-34/h1-32H. The van der Waals surface area contributed by atoms with Gasteiger partial charge in [-0.2, -0.15) is 0 Å². The van der Waals surface area contributed by atoms with Gasteiger partial charge >= 0.3 is 0 Å². The number of anilines is 3. The lowest BCUT2D eigenvalue weighted by Crippen LogP contribution is -2.14. The van der Waals surface area contributed by atoms with E-state index in [0.717, 1.165) is 38.9 Å². The first-order valence-electron chi connectivity index (χ1n) is 18.5. The largest absolute Gasteiger partial charge is 0.308 e. The van der Waals surface area contributed by atoms with Crippen molar-refractivity contribution in [3.05, 3.63) is 194 Å². The highest BCUT2D eigenvalue weighted by atomic mass is 32.2. The lowest BCUT2D eigenvalue weighted by molar-refractivity contribution is 1.01. The summed E-state index contributed by atoms with van der Waals surface area (Å²) in [5, 5.41) is 3.38. The molecule has 0 saturated carbocycles. The van der Waals surface area contributed by atoms with E-state index >= 15 is 0 Å². The van der Waals surface area contributed by atoms with Gasteiger partial charge in [0.15, 0.2) is 0 Å². The zero-order valence-electron chi connectivity index (χ0n) is 29.7. The van der Waals surface area contributed by atoms with Gasteiger partial charge in [-0.3, -0.25) is 4.57 Å². The number of rotatable bonds is 5. The Labute approximate surface area is 323 Å². The Hall–Kier alpha value is -6.95. The summed E-state index contributed by atoms with van der Waals surface area (Å²) in [6, 6.07) is 69.1. The van der Waals surface area contributed by atoms with Gasteiger partial charge in [0, 0.05) is 37.2 Å². The van der Waals surface area contributed by atoms with E-state index in [2.05, 4.69) is 191 Å². The Morgan fingerprint density at radius 2 is 1.02 bits per heavy atom. The molecular weight excluding hydrogens is 689 g/mol. The van der Waals surface area contributed by atoms with E-state index in [1.807, 2.05) is 23.9 Å². The molecule has 55 heavy (non-hydrogen) atoms. The molecule has 5 heteroatoms. The van der Waals surface area contributed by atoms with Gasteiger partial charge in [0.25, 0.3) is 0 Å². The first kappa shape index (κ1) is 31.6. The highest BCUT2D eigenvalue weighted by molar-refractivity contribution is 7.99. The Morgan fingerprint density at radius 1 is 0.382 bits per heavy atom. The fourth-order valence-corrected chi connectivity index (χ4v) is 9.12. The average Bonchev–Trinajstić information content (AvgIpc) is 3.59. The summed E-state index contributed by atoms with van der Waals surface area (Å²) in [4.78, 5) is 15.3. The fraction of sp³-hybridized carbons (Fsp3) is 0. The van der Waals surface area contributed by atoms with Gasteiger partial charge in [0.2, 0.25) is 5.95 Å². The van der Waals surface area contributed by atoms with E-state index in [4.69, 9.17) is 9.97 Å². The monoisotopic (exact) mass is 720 g/mol. The van der Waals surface area contributed by atoms with E-state index in [-0.39, 0.29) is 0 Å². The number of aromatic nitrogens is 3. The van der Waals surface area contributed by atoms with Crippen LogP contribution in [0.5, 0.6) is 0 Å². The predicted molar refractivity (Wildman–Crippen MR) is 229 cm³/mol. The number of hydrogen-bond acceptors (Lipinski definition) is 4. The van der Waals surface area contributed by atoms with Crippen molar-refractivity contribution >= 4 is 61.5 Å². The van der Waals surface area contributed by atoms with E-state index < -0.39 is 0 Å². The summed E-state index contributed by atoms with van der Waals surface area (Å²) in [6.45, 7) is 0. The number of benzene rings is 8. The smallest absolute Gasteiger partial charge is 0.235 e. The Morgan fingerprint density at radius 3 is 1.89 bits per heavy atom. The normalized spacial score (nSPS) is 12.3. The third-order valence-electron chi connectivity index (χ3n) is 10.6. The Bertz CT molecular complexity index is 3080. The van der Waals surface area contributed by atoms with Crippen molar-refractivity contribution < 1.29 is 0 Å². The van der Waals surface area contributed by atoms with Gasteiger partial charge < -0.3 is 4.90 Å².